The molecule has 8 heavy (non-hydrogen) atoms. The Kier molecular flexibility index (Phi) is 5.41. The van der Waals surface area contributed by atoms with Crippen molar-refractivity contribution in [2.24, 2.45) is 0 Å². The number of aldehydes is 1. The molecule has 0 aromatic heterocycles. The van der Waals surface area contributed by atoms with Crippen LogP contribution < -0.4 is 0 Å². The zero-order chi connectivity index (χ0) is 6.24. The predicted molar refractivity (Wildman–Crippen MR) is 24.0 cm³/mol. The molecule has 0 aromatic carbocycles. The van der Waals surface area contributed by atoms with Gasteiger partial charge in [-0.2, -0.15) is 0 Å². The molecule has 0 radical (unpaired) electrons. The van der Waals surface area contributed by atoms with E-state index in [1.807, 2.05) is 0 Å². The Morgan fingerprint density at radius 3 is 2.62 bits per heavy atom. The summed E-state index contributed by atoms with van der Waals surface area (Å²) in [6, 6.07) is 0. The van der Waals surface area contributed by atoms with Crippen molar-refractivity contribution < 1.29 is 19.1 Å². The third kappa shape index (κ3) is 5.10. The number of hydrogen-bond acceptors (Lipinski definition) is 4. The molecule has 0 aromatic rings. The van der Waals surface area contributed by atoms with Gasteiger partial charge in [0.25, 0.3) is 6.47 Å². The van der Waals surface area contributed by atoms with Gasteiger partial charge in [0, 0.05) is 0 Å². The van der Waals surface area contributed by atoms with Crippen LogP contribution in [-0.2, 0) is 19.1 Å². The van der Waals surface area contributed by atoms with Crippen LogP contribution in [0.5, 0.6) is 0 Å². The van der Waals surface area contributed by atoms with Crippen LogP contribution in [0.4, 0.5) is 0 Å². The summed E-state index contributed by atoms with van der Waals surface area (Å²) >= 11 is 0. The summed E-state index contributed by atoms with van der Waals surface area (Å²) < 4.78 is 8.48. The monoisotopic (exact) mass is 118 g/mol. The molecule has 0 unspecified atom stereocenters. The first kappa shape index (κ1) is 7.10. The molecule has 46 valence electrons. The topological polar surface area (TPSA) is 52.6 Å². The van der Waals surface area contributed by atoms with Crippen molar-refractivity contribution in [1.29, 1.82) is 0 Å². The second kappa shape index (κ2) is 6.10. The van der Waals surface area contributed by atoms with Gasteiger partial charge in [-0.3, -0.25) is 4.79 Å². The Morgan fingerprint density at radius 2 is 2.12 bits per heavy atom. The lowest BCUT2D eigenvalue weighted by atomic mass is 10.8. The van der Waals surface area contributed by atoms with E-state index in [1.54, 1.807) is 0 Å². The zero-order valence-electron chi connectivity index (χ0n) is 4.20. The van der Waals surface area contributed by atoms with Gasteiger partial charge in [-0.1, -0.05) is 0 Å². The predicted octanol–water partition coefficient (Wildman–Crippen LogP) is -0.668. The van der Waals surface area contributed by atoms with E-state index in [9.17, 15) is 9.59 Å². The normalized spacial score (nSPS) is 8.00. The van der Waals surface area contributed by atoms with Crippen molar-refractivity contribution >= 4 is 12.8 Å². The van der Waals surface area contributed by atoms with E-state index in [1.165, 1.54) is 0 Å². The maximum absolute atomic E-state index is 9.50. The summed E-state index contributed by atoms with van der Waals surface area (Å²) in [7, 11) is 0. The van der Waals surface area contributed by atoms with E-state index in [-0.39, 0.29) is 19.9 Å². The number of ether oxygens (including phenoxy) is 2. The summed E-state index contributed by atoms with van der Waals surface area (Å²) in [6.45, 7) is 0.0703. The molecule has 0 N–H and O–H groups in total. The molecule has 0 amide bonds. The third-order valence-corrected chi connectivity index (χ3v) is 0.405. The lowest BCUT2D eigenvalue weighted by Gasteiger charge is -1.93. The first-order valence-electron chi connectivity index (χ1n) is 1.98. The van der Waals surface area contributed by atoms with Crippen LogP contribution in [0, 0.1) is 0 Å². The summed E-state index contributed by atoms with van der Waals surface area (Å²) in [6.07, 6.45) is 0.578. The van der Waals surface area contributed by atoms with Crippen LogP contribution in [0.2, 0.25) is 0 Å². The molecule has 0 heterocycles. The zero-order valence-corrected chi connectivity index (χ0v) is 4.20. The highest BCUT2D eigenvalue weighted by Crippen LogP contribution is 1.69. The largest absolute Gasteiger partial charge is 0.441 e. The lowest BCUT2D eigenvalue weighted by Crippen LogP contribution is -1.99. The Labute approximate surface area is 46.4 Å². The molecule has 0 aliphatic heterocycles. The summed E-state index contributed by atoms with van der Waals surface area (Å²) in [5, 5.41) is 0. The van der Waals surface area contributed by atoms with Crippen molar-refractivity contribution in [3.63, 3.8) is 0 Å². The molecule has 4 nitrogen and oxygen atoms in total. The third-order valence-electron chi connectivity index (χ3n) is 0.405. The molecule has 0 bridgehead atoms. The standard InChI is InChI=1S/C4H6O4/c5-1-2-7-4-8-3-6/h1,3H,2,4H2. The number of rotatable bonds is 5. The van der Waals surface area contributed by atoms with Gasteiger partial charge in [-0.05, 0) is 0 Å². The Bertz CT molecular complexity index is 60.4. The van der Waals surface area contributed by atoms with E-state index in [2.05, 4.69) is 9.47 Å². The molecule has 0 saturated heterocycles. The lowest BCUT2D eigenvalue weighted by molar-refractivity contribution is -0.142. The van der Waals surface area contributed by atoms with Crippen LogP contribution in [0.1, 0.15) is 0 Å². The van der Waals surface area contributed by atoms with Crippen LogP contribution in [0.25, 0.3) is 0 Å². The number of carbonyl (C=O) groups is 2. The Hall–Kier alpha value is -0.900. The van der Waals surface area contributed by atoms with Crippen molar-refractivity contribution in [2.75, 3.05) is 13.4 Å². The highest BCUT2D eigenvalue weighted by molar-refractivity contribution is 5.50. The summed E-state index contributed by atoms with van der Waals surface area (Å²) in [4.78, 5) is 18.9. The van der Waals surface area contributed by atoms with Gasteiger partial charge >= 0.3 is 0 Å². The van der Waals surface area contributed by atoms with Gasteiger partial charge in [-0.15, -0.1) is 0 Å². The fraction of sp³-hybridized carbons (Fsp3) is 0.500. The van der Waals surface area contributed by atoms with Crippen LogP contribution in [0.15, 0.2) is 0 Å². The summed E-state index contributed by atoms with van der Waals surface area (Å²) in [5.74, 6) is 0. The maximum Gasteiger partial charge on any atom is 0.295 e. The van der Waals surface area contributed by atoms with Crippen molar-refractivity contribution in [3.05, 3.63) is 0 Å². The van der Waals surface area contributed by atoms with E-state index < -0.39 is 0 Å². The molecule has 0 spiro atoms. The van der Waals surface area contributed by atoms with Crippen molar-refractivity contribution in [2.45, 2.75) is 0 Å². The fourth-order valence-electron chi connectivity index (χ4n) is 0.172. The summed E-state index contributed by atoms with van der Waals surface area (Å²) in [5.41, 5.74) is 0. The van der Waals surface area contributed by atoms with E-state index >= 15 is 0 Å². The second-order valence-electron chi connectivity index (χ2n) is 0.918. The molecular formula is C4H6O4. The first-order valence-corrected chi connectivity index (χ1v) is 1.98. The molecule has 0 aliphatic carbocycles. The van der Waals surface area contributed by atoms with Crippen molar-refractivity contribution in [3.8, 4) is 0 Å². The SMILES string of the molecule is O=CCOCOC=O. The second-order valence-corrected chi connectivity index (χ2v) is 0.918. The Morgan fingerprint density at radius 1 is 1.38 bits per heavy atom. The van der Waals surface area contributed by atoms with E-state index in [4.69, 9.17) is 0 Å². The smallest absolute Gasteiger partial charge is 0.295 e. The van der Waals surface area contributed by atoms with Gasteiger partial charge in [-0.25, -0.2) is 0 Å². The molecule has 0 aliphatic rings. The number of hydrogen-bond donors (Lipinski definition) is 0. The average molecular weight is 118 g/mol. The molecule has 0 saturated carbocycles. The minimum atomic E-state index is -0.151. The van der Waals surface area contributed by atoms with Gasteiger partial charge in [0.15, 0.2) is 6.79 Å². The van der Waals surface area contributed by atoms with Crippen LogP contribution in [-0.4, -0.2) is 26.2 Å². The fourth-order valence-corrected chi connectivity index (χ4v) is 0.172. The van der Waals surface area contributed by atoms with E-state index in [0.29, 0.717) is 6.29 Å². The minimum absolute atomic E-state index is 0.0339. The minimum Gasteiger partial charge on any atom is -0.441 e. The molecule has 0 atom stereocenters. The Balaban J connectivity index is 2.71. The maximum atomic E-state index is 9.50. The quantitative estimate of drug-likeness (QED) is 0.273. The van der Waals surface area contributed by atoms with Gasteiger partial charge in [0.2, 0.25) is 0 Å². The molecule has 0 fully saturated rings. The van der Waals surface area contributed by atoms with Gasteiger partial charge in [0.05, 0.1) is 0 Å². The highest BCUT2D eigenvalue weighted by atomic mass is 16.7. The molecule has 4 heteroatoms. The van der Waals surface area contributed by atoms with E-state index in [0.717, 1.165) is 0 Å². The average Bonchev–Trinajstić information content (AvgIpc) is 1.81. The van der Waals surface area contributed by atoms with Crippen LogP contribution >= 0.6 is 0 Å². The highest BCUT2D eigenvalue weighted by Gasteiger charge is 1.80. The molecular weight excluding hydrogens is 112 g/mol. The van der Waals surface area contributed by atoms with Gasteiger partial charge in [0.1, 0.15) is 12.9 Å². The first-order chi connectivity index (χ1) is 3.91. The molecule has 0 rings (SSSR count). The number of carbonyl (C=O) groups excluding carboxylic acids is 2. The van der Waals surface area contributed by atoms with Crippen molar-refractivity contribution in [1.82, 2.24) is 0 Å². The van der Waals surface area contributed by atoms with Gasteiger partial charge < -0.3 is 14.3 Å². The van der Waals surface area contributed by atoms with Crippen LogP contribution in [0.3, 0.4) is 0 Å².